The molecule has 2 aromatic carbocycles. The molecule has 0 unspecified atom stereocenters. The van der Waals surface area contributed by atoms with Crippen LogP contribution in [0, 0.1) is 22.7 Å². The third kappa shape index (κ3) is 4.70. The molecule has 0 fully saturated rings. The van der Waals surface area contributed by atoms with Crippen LogP contribution in [0.4, 0.5) is 0 Å². The van der Waals surface area contributed by atoms with Crippen molar-refractivity contribution in [2.45, 2.75) is 6.42 Å². The van der Waals surface area contributed by atoms with E-state index in [9.17, 15) is 9.59 Å². The average molecular weight is 389 g/mol. The van der Waals surface area contributed by atoms with E-state index in [0.29, 0.717) is 10.6 Å². The molecule has 0 atom stereocenters. The summed E-state index contributed by atoms with van der Waals surface area (Å²) in [5.74, 6) is -0.725. The molecule has 2 N–H and O–H groups in total. The van der Waals surface area contributed by atoms with Crippen LogP contribution >= 0.6 is 11.3 Å². The normalized spacial score (nSPS) is 10.1. The van der Waals surface area contributed by atoms with Crippen molar-refractivity contribution in [2.24, 2.45) is 0 Å². The van der Waals surface area contributed by atoms with Crippen molar-refractivity contribution in [3.8, 4) is 23.3 Å². The van der Waals surface area contributed by atoms with Gasteiger partial charge in [-0.1, -0.05) is 18.2 Å². The van der Waals surface area contributed by atoms with Crippen molar-refractivity contribution in [3.63, 3.8) is 0 Å². The van der Waals surface area contributed by atoms with Crippen LogP contribution in [-0.4, -0.2) is 29.9 Å². The van der Waals surface area contributed by atoms with Crippen molar-refractivity contribution in [2.75, 3.05) is 13.1 Å². The minimum absolute atomic E-state index is 0.0735. The van der Waals surface area contributed by atoms with Gasteiger partial charge in [0.2, 0.25) is 11.8 Å². The first-order valence-corrected chi connectivity index (χ1v) is 9.21. The highest BCUT2D eigenvalue weighted by atomic mass is 32.1. The van der Waals surface area contributed by atoms with E-state index < -0.39 is 5.91 Å². The number of hydrogen-bond acceptors (Lipinski definition) is 6. The van der Waals surface area contributed by atoms with E-state index in [4.69, 9.17) is 10.5 Å². The first kappa shape index (κ1) is 19.0. The second-order valence-electron chi connectivity index (χ2n) is 5.87. The highest BCUT2D eigenvalue weighted by Crippen LogP contribution is 2.29. The molecule has 0 radical (unpaired) electrons. The minimum Gasteiger partial charge on any atom is -0.347 e. The largest absolute Gasteiger partial charge is 0.347 e. The lowest BCUT2D eigenvalue weighted by atomic mass is 10.0. The number of benzene rings is 2. The molecule has 2 amide bonds. The Balaban J connectivity index is 1.69. The summed E-state index contributed by atoms with van der Waals surface area (Å²) in [5, 5.41) is 23.0. The smallest absolute Gasteiger partial charge is 0.240 e. The lowest BCUT2D eigenvalue weighted by Crippen LogP contribution is -2.37. The average Bonchev–Trinajstić information content (AvgIpc) is 3.12. The van der Waals surface area contributed by atoms with Crippen molar-refractivity contribution in [1.29, 1.82) is 10.5 Å². The van der Waals surface area contributed by atoms with Crippen LogP contribution in [-0.2, 0) is 16.0 Å². The number of carbonyl (C=O) groups excluding carboxylic acids is 2. The Labute approximate surface area is 165 Å². The highest BCUT2D eigenvalue weighted by molar-refractivity contribution is 7.18. The van der Waals surface area contributed by atoms with Gasteiger partial charge in [-0.25, -0.2) is 4.98 Å². The maximum Gasteiger partial charge on any atom is 0.240 e. The standard InChI is InChI=1S/C20H15N5O2S/c21-6-7-23-19(27)12-24-18(26)10-20-25-16-5-4-15(9-17(16)28-20)14-3-1-2-13(8-14)11-22/h1-5,8-9H,7,10,12H2,(H,23,27)(H,24,26). The SMILES string of the molecule is N#CCNC(=O)CNC(=O)Cc1nc2ccc(-c3cccc(C#N)c3)cc2s1. The minimum atomic E-state index is -0.413. The molecular formula is C20H15N5O2S. The molecule has 1 heterocycles. The Hall–Kier alpha value is -3.75. The first-order valence-electron chi connectivity index (χ1n) is 8.39. The van der Waals surface area contributed by atoms with Gasteiger partial charge in [0.15, 0.2) is 0 Å². The number of fused-ring (bicyclic) bond motifs is 1. The van der Waals surface area contributed by atoms with Crippen molar-refractivity contribution >= 4 is 33.4 Å². The van der Waals surface area contributed by atoms with E-state index >= 15 is 0 Å². The molecule has 0 saturated carbocycles. The summed E-state index contributed by atoms with van der Waals surface area (Å²) in [4.78, 5) is 27.9. The van der Waals surface area contributed by atoms with Gasteiger partial charge in [0.25, 0.3) is 0 Å². The molecule has 0 aliphatic carbocycles. The predicted octanol–water partition coefficient (Wildman–Crippen LogP) is 2.13. The fourth-order valence-corrected chi connectivity index (χ4v) is 3.58. The Kier molecular flexibility index (Phi) is 5.95. The Morgan fingerprint density at radius 3 is 2.64 bits per heavy atom. The molecule has 28 heavy (non-hydrogen) atoms. The summed E-state index contributed by atoms with van der Waals surface area (Å²) in [6, 6.07) is 17.1. The molecule has 3 rings (SSSR count). The molecule has 1 aromatic heterocycles. The summed E-state index contributed by atoms with van der Waals surface area (Å²) in [7, 11) is 0. The van der Waals surface area contributed by atoms with E-state index in [-0.39, 0.29) is 25.4 Å². The molecule has 0 aliphatic heterocycles. The van der Waals surface area contributed by atoms with E-state index in [2.05, 4.69) is 21.7 Å². The molecule has 7 nitrogen and oxygen atoms in total. The number of hydrogen-bond donors (Lipinski definition) is 2. The lowest BCUT2D eigenvalue weighted by Gasteiger charge is -2.03. The fraction of sp³-hybridized carbons (Fsp3) is 0.150. The second kappa shape index (κ2) is 8.76. The third-order valence-corrected chi connectivity index (χ3v) is 4.90. The number of aromatic nitrogens is 1. The number of carbonyl (C=O) groups is 2. The Morgan fingerprint density at radius 1 is 1.04 bits per heavy atom. The van der Waals surface area contributed by atoms with Crippen molar-refractivity contribution < 1.29 is 9.59 Å². The molecule has 0 bridgehead atoms. The topological polar surface area (TPSA) is 119 Å². The molecule has 0 saturated heterocycles. The van der Waals surface area contributed by atoms with Crippen LogP contribution in [0.3, 0.4) is 0 Å². The van der Waals surface area contributed by atoms with E-state index in [0.717, 1.165) is 21.3 Å². The zero-order chi connectivity index (χ0) is 19.9. The summed E-state index contributed by atoms with van der Waals surface area (Å²) in [5.41, 5.74) is 3.30. The van der Waals surface area contributed by atoms with Crippen LogP contribution in [0.1, 0.15) is 10.6 Å². The second-order valence-corrected chi connectivity index (χ2v) is 6.99. The third-order valence-electron chi connectivity index (χ3n) is 3.88. The highest BCUT2D eigenvalue weighted by Gasteiger charge is 2.11. The van der Waals surface area contributed by atoms with Gasteiger partial charge in [-0.2, -0.15) is 10.5 Å². The number of amides is 2. The first-order chi connectivity index (χ1) is 13.6. The number of nitrogens with one attached hydrogen (secondary N) is 2. The maximum absolute atomic E-state index is 12.0. The molecule has 138 valence electrons. The zero-order valence-corrected chi connectivity index (χ0v) is 15.5. The van der Waals surface area contributed by atoms with Crippen molar-refractivity contribution in [3.05, 3.63) is 53.0 Å². The van der Waals surface area contributed by atoms with Crippen LogP contribution in [0.5, 0.6) is 0 Å². The van der Waals surface area contributed by atoms with Crippen LogP contribution in [0.15, 0.2) is 42.5 Å². The van der Waals surface area contributed by atoms with Gasteiger partial charge in [-0.15, -0.1) is 11.3 Å². The molecular weight excluding hydrogens is 374 g/mol. The van der Waals surface area contributed by atoms with E-state index in [1.54, 1.807) is 12.1 Å². The summed E-state index contributed by atoms with van der Waals surface area (Å²) in [6.07, 6.45) is 0.0735. The monoisotopic (exact) mass is 389 g/mol. The fourth-order valence-electron chi connectivity index (χ4n) is 2.58. The molecule has 0 aliphatic rings. The van der Waals surface area contributed by atoms with Crippen LogP contribution in [0.2, 0.25) is 0 Å². The van der Waals surface area contributed by atoms with Gasteiger partial charge < -0.3 is 10.6 Å². The quantitative estimate of drug-likeness (QED) is 0.626. The van der Waals surface area contributed by atoms with Gasteiger partial charge in [0, 0.05) is 0 Å². The Morgan fingerprint density at radius 2 is 1.86 bits per heavy atom. The molecule has 0 spiro atoms. The summed E-state index contributed by atoms with van der Waals surface area (Å²) < 4.78 is 0.939. The number of thiazole rings is 1. The summed E-state index contributed by atoms with van der Waals surface area (Å²) in [6.45, 7) is -0.267. The zero-order valence-electron chi connectivity index (χ0n) is 14.7. The van der Waals surface area contributed by atoms with Gasteiger partial charge in [-0.05, 0) is 35.4 Å². The number of rotatable bonds is 6. The van der Waals surface area contributed by atoms with Crippen LogP contribution in [0.25, 0.3) is 21.3 Å². The lowest BCUT2D eigenvalue weighted by molar-refractivity contribution is -0.125. The Bertz CT molecular complexity index is 1120. The number of nitrogens with zero attached hydrogens (tertiary/aromatic N) is 3. The summed E-state index contributed by atoms with van der Waals surface area (Å²) >= 11 is 1.41. The van der Waals surface area contributed by atoms with E-state index in [1.165, 1.54) is 11.3 Å². The van der Waals surface area contributed by atoms with Gasteiger partial charge in [0.05, 0.1) is 40.9 Å². The maximum atomic E-state index is 12.0. The number of nitriles is 2. The van der Waals surface area contributed by atoms with Gasteiger partial charge in [-0.3, -0.25) is 9.59 Å². The molecule has 3 aromatic rings. The predicted molar refractivity (Wildman–Crippen MR) is 105 cm³/mol. The molecule has 8 heteroatoms. The van der Waals surface area contributed by atoms with Crippen LogP contribution < -0.4 is 10.6 Å². The van der Waals surface area contributed by atoms with Crippen molar-refractivity contribution in [1.82, 2.24) is 15.6 Å². The van der Waals surface area contributed by atoms with E-state index in [1.807, 2.05) is 36.4 Å². The van der Waals surface area contributed by atoms with Gasteiger partial charge >= 0.3 is 0 Å². The van der Waals surface area contributed by atoms with Gasteiger partial charge in [0.1, 0.15) is 11.6 Å².